The Labute approximate surface area is 229 Å². The van der Waals surface area contributed by atoms with Crippen LogP contribution in [0.3, 0.4) is 0 Å². The molecule has 1 heterocycles. The maximum Gasteiger partial charge on any atom is 0.295 e. The van der Waals surface area contributed by atoms with E-state index >= 15 is 0 Å². The summed E-state index contributed by atoms with van der Waals surface area (Å²) in [6.07, 6.45) is 0.431. The van der Waals surface area contributed by atoms with Gasteiger partial charge in [-0.05, 0) is 48.4 Å². The van der Waals surface area contributed by atoms with Crippen LogP contribution >= 0.6 is 15.9 Å². The molecule has 1 aliphatic heterocycles. The minimum Gasteiger partial charge on any atom is -0.507 e. The summed E-state index contributed by atoms with van der Waals surface area (Å²) < 4.78 is 22.5. The van der Waals surface area contributed by atoms with Crippen molar-refractivity contribution in [3.8, 4) is 23.0 Å². The molecule has 1 N–H and O–H groups in total. The van der Waals surface area contributed by atoms with Gasteiger partial charge >= 0.3 is 0 Å². The van der Waals surface area contributed by atoms with Crippen LogP contribution in [-0.4, -0.2) is 56.7 Å². The van der Waals surface area contributed by atoms with Crippen LogP contribution in [0.15, 0.2) is 70.7 Å². The number of aliphatic hydroxyl groups is 1. The van der Waals surface area contributed by atoms with Gasteiger partial charge in [0.15, 0.2) is 11.5 Å². The van der Waals surface area contributed by atoms with E-state index in [-0.39, 0.29) is 17.9 Å². The third kappa shape index (κ3) is 5.19. The molecule has 1 saturated heterocycles. The van der Waals surface area contributed by atoms with Gasteiger partial charge in [-0.2, -0.15) is 0 Å². The van der Waals surface area contributed by atoms with Crippen molar-refractivity contribution in [1.29, 1.82) is 0 Å². The Hall–Kier alpha value is -3.98. The first-order valence-corrected chi connectivity index (χ1v) is 12.6. The van der Waals surface area contributed by atoms with Gasteiger partial charge in [0, 0.05) is 28.2 Å². The number of Topliss-reactive ketones (excluding diaryl/α,β-unsaturated/α-hetero) is 1. The minimum atomic E-state index is -0.875. The molecule has 38 heavy (non-hydrogen) atoms. The van der Waals surface area contributed by atoms with E-state index < -0.39 is 17.7 Å². The normalized spacial score (nSPS) is 16.4. The topological polar surface area (TPSA) is 94.5 Å². The van der Waals surface area contributed by atoms with Crippen LogP contribution in [-0.2, 0) is 16.0 Å². The van der Waals surface area contributed by atoms with Crippen LogP contribution in [0, 0.1) is 0 Å². The summed E-state index contributed by atoms with van der Waals surface area (Å²) >= 11 is 3.38. The quantitative estimate of drug-likeness (QED) is 0.212. The van der Waals surface area contributed by atoms with Crippen LogP contribution in [0.25, 0.3) is 5.76 Å². The van der Waals surface area contributed by atoms with Crippen LogP contribution in [0.5, 0.6) is 23.0 Å². The third-order valence-electron chi connectivity index (χ3n) is 6.48. The van der Waals surface area contributed by atoms with Gasteiger partial charge in [0.25, 0.3) is 11.7 Å². The molecule has 0 saturated carbocycles. The number of hydrogen-bond acceptors (Lipinski definition) is 7. The lowest BCUT2D eigenvalue weighted by atomic mass is 9.94. The molecule has 0 aromatic heterocycles. The van der Waals surface area contributed by atoms with Crippen molar-refractivity contribution in [2.75, 3.05) is 35.0 Å². The molecule has 0 bridgehead atoms. The number of amides is 1. The zero-order valence-electron chi connectivity index (χ0n) is 21.5. The van der Waals surface area contributed by atoms with E-state index in [1.807, 2.05) is 12.1 Å². The van der Waals surface area contributed by atoms with Crippen LogP contribution in [0.1, 0.15) is 22.7 Å². The summed E-state index contributed by atoms with van der Waals surface area (Å²) in [7, 11) is 6.16. The number of benzene rings is 3. The Morgan fingerprint density at radius 2 is 1.53 bits per heavy atom. The largest absolute Gasteiger partial charge is 0.507 e. The average molecular weight is 582 g/mol. The number of halogens is 1. The number of aliphatic hydroxyl groups excluding tert-OH is 1. The molecular weight excluding hydrogens is 554 g/mol. The molecule has 1 atom stereocenters. The molecule has 1 amide bonds. The fourth-order valence-corrected chi connectivity index (χ4v) is 4.79. The van der Waals surface area contributed by atoms with Crippen molar-refractivity contribution in [3.63, 3.8) is 0 Å². The van der Waals surface area contributed by atoms with E-state index in [0.29, 0.717) is 40.5 Å². The Morgan fingerprint density at radius 1 is 0.842 bits per heavy atom. The number of ketones is 1. The molecule has 1 fully saturated rings. The maximum absolute atomic E-state index is 13.4. The van der Waals surface area contributed by atoms with E-state index in [9.17, 15) is 14.7 Å². The summed E-state index contributed by atoms with van der Waals surface area (Å²) in [5.41, 5.74) is 1.85. The Kier molecular flexibility index (Phi) is 8.26. The van der Waals surface area contributed by atoms with Crippen molar-refractivity contribution >= 4 is 33.4 Å². The summed E-state index contributed by atoms with van der Waals surface area (Å²) in [5, 5.41) is 11.3. The lowest BCUT2D eigenvalue weighted by Crippen LogP contribution is -2.32. The van der Waals surface area contributed by atoms with Crippen molar-refractivity contribution in [3.05, 3.63) is 87.4 Å². The molecule has 0 spiro atoms. The number of carbonyl (C=O) groups is 2. The second kappa shape index (κ2) is 11.6. The van der Waals surface area contributed by atoms with Gasteiger partial charge in [-0.1, -0.05) is 34.1 Å². The smallest absolute Gasteiger partial charge is 0.295 e. The molecule has 0 aliphatic carbocycles. The van der Waals surface area contributed by atoms with Gasteiger partial charge in [-0.25, -0.2) is 0 Å². The van der Waals surface area contributed by atoms with Crippen molar-refractivity contribution in [1.82, 2.24) is 4.90 Å². The van der Waals surface area contributed by atoms with Crippen molar-refractivity contribution < 1.29 is 33.6 Å². The lowest BCUT2D eigenvalue weighted by Gasteiger charge is -2.27. The highest BCUT2D eigenvalue weighted by molar-refractivity contribution is 9.10. The molecule has 1 aliphatic rings. The SMILES string of the molecule is COc1ccc([C@H]2C(=C(O)c3ccc(Br)cc3)C(=O)C(=O)N2CCc2ccc(OC)c(OC)c2)c(OC)c1. The first-order valence-electron chi connectivity index (χ1n) is 11.8. The van der Waals surface area contributed by atoms with Gasteiger partial charge in [0.2, 0.25) is 0 Å². The van der Waals surface area contributed by atoms with E-state index in [1.165, 1.54) is 19.1 Å². The monoisotopic (exact) mass is 581 g/mol. The highest BCUT2D eigenvalue weighted by Crippen LogP contribution is 2.44. The Bertz CT molecular complexity index is 1380. The third-order valence-corrected chi connectivity index (χ3v) is 7.01. The first-order chi connectivity index (χ1) is 18.3. The minimum absolute atomic E-state index is 0.00639. The number of hydrogen-bond donors (Lipinski definition) is 1. The highest BCUT2D eigenvalue weighted by Gasteiger charge is 2.47. The molecule has 4 rings (SSSR count). The van der Waals surface area contributed by atoms with Gasteiger partial charge in [0.05, 0.1) is 40.1 Å². The van der Waals surface area contributed by atoms with Crippen LogP contribution < -0.4 is 18.9 Å². The zero-order chi connectivity index (χ0) is 27.4. The predicted molar refractivity (Wildman–Crippen MR) is 146 cm³/mol. The zero-order valence-corrected chi connectivity index (χ0v) is 23.1. The number of rotatable bonds is 9. The van der Waals surface area contributed by atoms with Crippen LogP contribution in [0.2, 0.25) is 0 Å². The molecule has 0 radical (unpaired) electrons. The highest BCUT2D eigenvalue weighted by atomic mass is 79.9. The second-order valence-corrected chi connectivity index (χ2v) is 9.46. The van der Waals surface area contributed by atoms with Gasteiger partial charge in [-0.15, -0.1) is 0 Å². The number of methoxy groups -OCH3 is 4. The van der Waals surface area contributed by atoms with E-state index in [2.05, 4.69) is 15.9 Å². The van der Waals surface area contributed by atoms with Gasteiger partial charge < -0.3 is 29.0 Å². The van der Waals surface area contributed by atoms with Crippen LogP contribution in [0.4, 0.5) is 0 Å². The molecular formula is C29H28BrNO7. The molecule has 0 unspecified atom stereocenters. The number of ether oxygens (including phenoxy) is 4. The standard InChI is InChI=1S/C29H28BrNO7/c1-35-20-10-11-21(23(16-20)37-3)26-25(27(32)18-6-8-19(30)9-7-18)28(33)29(34)31(26)14-13-17-5-12-22(36-2)24(15-17)38-4/h5-12,15-16,26,32H,13-14H2,1-4H3/t26-/m0/s1. The van der Waals surface area contributed by atoms with Crippen molar-refractivity contribution in [2.24, 2.45) is 0 Å². The second-order valence-electron chi connectivity index (χ2n) is 8.55. The average Bonchev–Trinajstić information content (AvgIpc) is 3.20. The fourth-order valence-electron chi connectivity index (χ4n) is 4.53. The Balaban J connectivity index is 1.80. The number of carbonyl (C=O) groups excluding carboxylic acids is 2. The van der Waals surface area contributed by atoms with Gasteiger partial charge in [0.1, 0.15) is 17.3 Å². The predicted octanol–water partition coefficient (Wildman–Crippen LogP) is 5.15. The van der Waals surface area contributed by atoms with Gasteiger partial charge in [-0.3, -0.25) is 9.59 Å². The summed E-state index contributed by atoms with van der Waals surface area (Å²) in [5.74, 6) is 0.416. The molecule has 3 aromatic carbocycles. The lowest BCUT2D eigenvalue weighted by molar-refractivity contribution is -0.139. The summed E-state index contributed by atoms with van der Waals surface area (Å²) in [6, 6.07) is 16.7. The van der Waals surface area contributed by atoms with Crippen molar-refractivity contribution in [2.45, 2.75) is 12.5 Å². The number of likely N-dealkylation sites (tertiary alicyclic amines) is 1. The molecule has 9 heteroatoms. The Morgan fingerprint density at radius 3 is 2.16 bits per heavy atom. The van der Waals surface area contributed by atoms with E-state index in [1.54, 1.807) is 62.8 Å². The molecule has 8 nitrogen and oxygen atoms in total. The summed E-state index contributed by atoms with van der Waals surface area (Å²) in [4.78, 5) is 28.2. The maximum atomic E-state index is 13.4. The van der Waals surface area contributed by atoms with E-state index in [0.717, 1.165) is 10.0 Å². The van der Waals surface area contributed by atoms with E-state index in [4.69, 9.17) is 18.9 Å². The number of nitrogens with zero attached hydrogens (tertiary/aromatic N) is 1. The molecule has 198 valence electrons. The fraction of sp³-hybridized carbons (Fsp3) is 0.241. The first kappa shape index (κ1) is 27.1. The summed E-state index contributed by atoms with van der Waals surface area (Å²) in [6.45, 7) is 0.205. The molecule has 3 aromatic rings.